The molecule has 0 aliphatic heterocycles. The molecule has 0 aliphatic rings. The summed E-state index contributed by atoms with van der Waals surface area (Å²) in [5.41, 5.74) is 12.7. The third kappa shape index (κ3) is 7.91. The van der Waals surface area contributed by atoms with Crippen LogP contribution in [0.15, 0.2) is 24.3 Å². The summed E-state index contributed by atoms with van der Waals surface area (Å²) in [6.07, 6.45) is -0.169. The van der Waals surface area contributed by atoms with Crippen molar-refractivity contribution in [3.05, 3.63) is 29.8 Å². The Morgan fingerprint density at radius 1 is 0.952 bits per heavy atom. The van der Waals surface area contributed by atoms with E-state index >= 15 is 0 Å². The minimum Gasteiger partial charge on any atom is -0.399 e. The summed E-state index contributed by atoms with van der Waals surface area (Å²) in [5.74, 6) is -0.605. The normalized spacial score (nSPS) is 10.1. The third-order valence-corrected chi connectivity index (χ3v) is 2.72. The van der Waals surface area contributed by atoms with Crippen LogP contribution in [0, 0.1) is 0 Å². The first-order chi connectivity index (χ1) is 10.1. The molecule has 0 aromatic heterocycles. The second-order valence-corrected chi connectivity index (χ2v) is 4.58. The Morgan fingerprint density at radius 3 is 2.19 bits per heavy atom. The number of hydrogen-bond acceptors (Lipinski definition) is 5. The number of hydrogen-bond donors (Lipinski definition) is 5. The van der Waals surface area contributed by atoms with E-state index in [0.717, 1.165) is 11.3 Å². The molecule has 7 nitrogen and oxygen atoms in total. The number of anilines is 1. The predicted octanol–water partition coefficient (Wildman–Crippen LogP) is -1.06. The molecule has 0 spiro atoms. The molecule has 0 heterocycles. The molecule has 0 bridgehead atoms. The van der Waals surface area contributed by atoms with Crippen molar-refractivity contribution in [2.24, 2.45) is 5.73 Å². The first-order valence-electron chi connectivity index (χ1n) is 6.90. The van der Waals surface area contributed by atoms with Crippen LogP contribution in [0.4, 0.5) is 5.69 Å². The lowest BCUT2D eigenvalue weighted by Gasteiger charge is -2.07. The molecule has 21 heavy (non-hydrogen) atoms. The predicted molar refractivity (Wildman–Crippen MR) is 82.3 cm³/mol. The lowest BCUT2D eigenvalue weighted by molar-refractivity contribution is -0.129. The molecular formula is C14H23N5O2. The number of nitrogens with one attached hydrogen (secondary N) is 3. The maximum absolute atomic E-state index is 11.4. The Balaban J connectivity index is 2.06. The Labute approximate surface area is 124 Å². The standard InChI is InChI=1S/C14H23N5O2/c15-5-6-18-13(20)9-14(21)19-8-7-17-10-11-1-3-12(16)4-2-11/h1-4,17H,5-10,15-16H2,(H,18,20)(H,19,21). The summed E-state index contributed by atoms with van der Waals surface area (Å²) in [7, 11) is 0. The molecule has 0 radical (unpaired) electrons. The number of carbonyl (C=O) groups is 2. The molecule has 0 saturated carbocycles. The van der Waals surface area contributed by atoms with Crippen LogP contribution >= 0.6 is 0 Å². The van der Waals surface area contributed by atoms with Crippen LogP contribution < -0.4 is 27.4 Å². The van der Waals surface area contributed by atoms with Gasteiger partial charge in [-0.25, -0.2) is 0 Å². The first kappa shape index (κ1) is 16.9. The van der Waals surface area contributed by atoms with Crippen molar-refractivity contribution >= 4 is 17.5 Å². The largest absolute Gasteiger partial charge is 0.399 e. The van der Waals surface area contributed by atoms with Gasteiger partial charge in [0.1, 0.15) is 6.42 Å². The zero-order valence-electron chi connectivity index (χ0n) is 12.0. The van der Waals surface area contributed by atoms with E-state index in [9.17, 15) is 9.59 Å². The maximum atomic E-state index is 11.4. The van der Waals surface area contributed by atoms with E-state index in [1.54, 1.807) is 0 Å². The van der Waals surface area contributed by atoms with Gasteiger partial charge in [0.25, 0.3) is 0 Å². The van der Waals surface area contributed by atoms with E-state index in [0.29, 0.717) is 32.7 Å². The monoisotopic (exact) mass is 293 g/mol. The summed E-state index contributed by atoms with van der Waals surface area (Å²) in [6.45, 7) is 2.54. The minimum atomic E-state index is -0.312. The average Bonchev–Trinajstić information content (AvgIpc) is 2.46. The number of rotatable bonds is 9. The first-order valence-corrected chi connectivity index (χ1v) is 6.90. The van der Waals surface area contributed by atoms with Gasteiger partial charge < -0.3 is 27.4 Å². The average molecular weight is 293 g/mol. The number of carbonyl (C=O) groups excluding carboxylic acids is 2. The number of nitrogens with two attached hydrogens (primary N) is 2. The van der Waals surface area contributed by atoms with E-state index in [1.807, 2.05) is 24.3 Å². The second kappa shape index (κ2) is 9.73. The molecule has 7 heteroatoms. The van der Waals surface area contributed by atoms with Crippen LogP contribution in [0.25, 0.3) is 0 Å². The van der Waals surface area contributed by atoms with Crippen molar-refractivity contribution in [2.75, 3.05) is 31.9 Å². The molecular weight excluding hydrogens is 270 g/mol. The molecule has 1 aromatic rings. The summed E-state index contributed by atoms with van der Waals surface area (Å²) < 4.78 is 0. The topological polar surface area (TPSA) is 122 Å². The quantitative estimate of drug-likeness (QED) is 0.226. The lowest BCUT2D eigenvalue weighted by Crippen LogP contribution is -2.36. The van der Waals surface area contributed by atoms with Gasteiger partial charge in [0.2, 0.25) is 11.8 Å². The van der Waals surface area contributed by atoms with Crippen LogP contribution in [0.1, 0.15) is 12.0 Å². The van der Waals surface area contributed by atoms with Gasteiger partial charge in [-0.3, -0.25) is 9.59 Å². The number of amides is 2. The highest BCUT2D eigenvalue weighted by Gasteiger charge is 2.07. The van der Waals surface area contributed by atoms with Crippen molar-refractivity contribution in [1.29, 1.82) is 0 Å². The minimum absolute atomic E-state index is 0.169. The van der Waals surface area contributed by atoms with Crippen molar-refractivity contribution in [2.45, 2.75) is 13.0 Å². The van der Waals surface area contributed by atoms with Crippen molar-refractivity contribution in [1.82, 2.24) is 16.0 Å². The fourth-order valence-corrected chi connectivity index (χ4v) is 1.64. The Bertz CT molecular complexity index is 447. The van der Waals surface area contributed by atoms with Crippen molar-refractivity contribution in [3.63, 3.8) is 0 Å². The highest BCUT2D eigenvalue weighted by Crippen LogP contribution is 2.04. The van der Waals surface area contributed by atoms with E-state index in [-0.39, 0.29) is 18.2 Å². The zero-order chi connectivity index (χ0) is 15.5. The van der Waals surface area contributed by atoms with Gasteiger partial charge in [-0.1, -0.05) is 12.1 Å². The molecule has 116 valence electrons. The van der Waals surface area contributed by atoms with Gasteiger partial charge in [0.15, 0.2) is 0 Å². The van der Waals surface area contributed by atoms with E-state index in [2.05, 4.69) is 16.0 Å². The van der Waals surface area contributed by atoms with Gasteiger partial charge in [-0.2, -0.15) is 0 Å². The van der Waals surface area contributed by atoms with Crippen molar-refractivity contribution < 1.29 is 9.59 Å². The Hall–Kier alpha value is -2.12. The van der Waals surface area contributed by atoms with Gasteiger partial charge >= 0.3 is 0 Å². The van der Waals surface area contributed by atoms with Crippen LogP contribution in [0.2, 0.25) is 0 Å². The van der Waals surface area contributed by atoms with Crippen LogP contribution in [0.5, 0.6) is 0 Å². The van der Waals surface area contributed by atoms with E-state index in [1.165, 1.54) is 0 Å². The fraction of sp³-hybridized carbons (Fsp3) is 0.429. The number of nitrogen functional groups attached to an aromatic ring is 1. The summed E-state index contributed by atoms with van der Waals surface area (Å²) >= 11 is 0. The molecule has 2 amide bonds. The van der Waals surface area contributed by atoms with Crippen LogP contribution in [0.3, 0.4) is 0 Å². The van der Waals surface area contributed by atoms with E-state index in [4.69, 9.17) is 11.5 Å². The molecule has 0 unspecified atom stereocenters. The van der Waals surface area contributed by atoms with Crippen LogP contribution in [-0.2, 0) is 16.1 Å². The molecule has 0 aliphatic carbocycles. The molecule has 1 aromatic carbocycles. The molecule has 0 fully saturated rings. The lowest BCUT2D eigenvalue weighted by atomic mass is 10.2. The van der Waals surface area contributed by atoms with Gasteiger partial charge in [-0.15, -0.1) is 0 Å². The molecule has 0 saturated heterocycles. The second-order valence-electron chi connectivity index (χ2n) is 4.58. The summed E-state index contributed by atoms with van der Waals surface area (Å²) in [4.78, 5) is 22.7. The SMILES string of the molecule is NCCNC(=O)CC(=O)NCCNCc1ccc(N)cc1. The Morgan fingerprint density at radius 2 is 1.57 bits per heavy atom. The zero-order valence-corrected chi connectivity index (χ0v) is 12.0. The highest BCUT2D eigenvalue weighted by atomic mass is 16.2. The fourth-order valence-electron chi connectivity index (χ4n) is 1.64. The maximum Gasteiger partial charge on any atom is 0.229 e. The molecule has 1 rings (SSSR count). The smallest absolute Gasteiger partial charge is 0.229 e. The molecule has 0 atom stereocenters. The third-order valence-electron chi connectivity index (χ3n) is 2.72. The molecule has 7 N–H and O–H groups in total. The van der Waals surface area contributed by atoms with E-state index < -0.39 is 0 Å². The summed E-state index contributed by atoms with van der Waals surface area (Å²) in [6, 6.07) is 7.59. The van der Waals surface area contributed by atoms with Gasteiger partial charge in [0.05, 0.1) is 0 Å². The van der Waals surface area contributed by atoms with Crippen LogP contribution in [-0.4, -0.2) is 38.0 Å². The Kier molecular flexibility index (Phi) is 7.85. The highest BCUT2D eigenvalue weighted by molar-refractivity contribution is 5.96. The van der Waals surface area contributed by atoms with Gasteiger partial charge in [-0.05, 0) is 17.7 Å². The van der Waals surface area contributed by atoms with Crippen molar-refractivity contribution in [3.8, 4) is 0 Å². The number of benzene rings is 1. The van der Waals surface area contributed by atoms with Gasteiger partial charge in [0, 0.05) is 38.4 Å². The summed E-state index contributed by atoms with van der Waals surface area (Å²) in [5, 5.41) is 8.40.